The van der Waals surface area contributed by atoms with Crippen molar-refractivity contribution in [2.75, 3.05) is 6.54 Å². The first-order valence-electron chi connectivity index (χ1n) is 6.79. The molecule has 0 aromatic heterocycles. The molecule has 20 heavy (non-hydrogen) atoms. The molecule has 0 spiro atoms. The van der Waals surface area contributed by atoms with Crippen molar-refractivity contribution in [1.82, 2.24) is 5.32 Å². The Hall–Kier alpha value is -1.38. The third-order valence-electron chi connectivity index (χ3n) is 3.43. The van der Waals surface area contributed by atoms with Crippen LogP contribution in [-0.4, -0.2) is 6.54 Å². The van der Waals surface area contributed by atoms with E-state index >= 15 is 0 Å². The first-order valence-corrected chi connectivity index (χ1v) is 7.17. The highest BCUT2D eigenvalue weighted by Gasteiger charge is 2.11. The van der Waals surface area contributed by atoms with Gasteiger partial charge in [0.15, 0.2) is 0 Å². The average molecular weight is 292 g/mol. The van der Waals surface area contributed by atoms with Crippen LogP contribution < -0.4 is 5.32 Å². The van der Waals surface area contributed by atoms with Crippen molar-refractivity contribution >= 4 is 11.6 Å². The normalized spacial score (nSPS) is 10.8. The van der Waals surface area contributed by atoms with Gasteiger partial charge in [-0.3, -0.25) is 0 Å². The van der Waals surface area contributed by atoms with Gasteiger partial charge in [-0.05, 0) is 72.5 Å². The second kappa shape index (κ2) is 6.38. The summed E-state index contributed by atoms with van der Waals surface area (Å²) in [4.78, 5) is 0. The average Bonchev–Trinajstić information content (AvgIpc) is 2.41. The van der Waals surface area contributed by atoms with Gasteiger partial charge in [0.2, 0.25) is 0 Å². The minimum absolute atomic E-state index is 0.216. The lowest BCUT2D eigenvalue weighted by atomic mass is 9.94. The molecule has 3 heteroatoms. The molecule has 106 valence electrons. The molecule has 2 rings (SSSR count). The summed E-state index contributed by atoms with van der Waals surface area (Å²) in [6.45, 7) is 7.64. The summed E-state index contributed by atoms with van der Waals surface area (Å²) in [6.07, 6.45) is 0. The van der Waals surface area contributed by atoms with Gasteiger partial charge in [-0.15, -0.1) is 0 Å². The monoisotopic (exact) mass is 291 g/mol. The van der Waals surface area contributed by atoms with Gasteiger partial charge >= 0.3 is 0 Å². The van der Waals surface area contributed by atoms with Crippen molar-refractivity contribution in [3.05, 3.63) is 57.9 Å². The smallest absolute Gasteiger partial charge is 0.123 e. The summed E-state index contributed by atoms with van der Waals surface area (Å²) in [5.74, 6) is -0.216. The highest BCUT2D eigenvalue weighted by molar-refractivity contribution is 6.31. The quantitative estimate of drug-likeness (QED) is 0.847. The van der Waals surface area contributed by atoms with Gasteiger partial charge in [0.1, 0.15) is 5.82 Å². The predicted molar refractivity (Wildman–Crippen MR) is 83.7 cm³/mol. The van der Waals surface area contributed by atoms with Crippen molar-refractivity contribution in [3.8, 4) is 11.1 Å². The molecule has 0 saturated heterocycles. The lowest BCUT2D eigenvalue weighted by molar-refractivity contribution is 0.626. The van der Waals surface area contributed by atoms with Crippen LogP contribution in [0.1, 0.15) is 23.6 Å². The number of benzene rings is 2. The van der Waals surface area contributed by atoms with E-state index in [0.29, 0.717) is 0 Å². The second-order valence-electron chi connectivity index (χ2n) is 5.00. The molecular formula is C17H19ClFN. The van der Waals surface area contributed by atoms with Crippen molar-refractivity contribution < 1.29 is 4.39 Å². The molecule has 0 aliphatic carbocycles. The van der Waals surface area contributed by atoms with Gasteiger partial charge in [-0.25, -0.2) is 4.39 Å². The Balaban J connectivity index is 2.55. The molecule has 1 nitrogen and oxygen atoms in total. The number of halogens is 2. The summed E-state index contributed by atoms with van der Waals surface area (Å²) < 4.78 is 13.6. The third-order valence-corrected chi connectivity index (χ3v) is 3.84. The van der Waals surface area contributed by atoms with E-state index in [2.05, 4.69) is 12.2 Å². The summed E-state index contributed by atoms with van der Waals surface area (Å²) >= 11 is 6.14. The van der Waals surface area contributed by atoms with E-state index in [1.54, 1.807) is 6.07 Å². The number of hydrogen-bond acceptors (Lipinski definition) is 1. The molecule has 2 aromatic carbocycles. The number of aryl methyl sites for hydroxylation is 2. The third kappa shape index (κ3) is 3.20. The van der Waals surface area contributed by atoms with Gasteiger partial charge in [0.05, 0.1) is 0 Å². The summed E-state index contributed by atoms with van der Waals surface area (Å²) in [5.41, 5.74) is 5.13. The van der Waals surface area contributed by atoms with Crippen LogP contribution in [0.2, 0.25) is 5.02 Å². The molecule has 0 radical (unpaired) electrons. The number of rotatable bonds is 4. The van der Waals surface area contributed by atoms with Crippen molar-refractivity contribution in [3.63, 3.8) is 0 Å². The maximum absolute atomic E-state index is 13.6. The van der Waals surface area contributed by atoms with Gasteiger partial charge in [0, 0.05) is 11.6 Å². The minimum Gasteiger partial charge on any atom is -0.313 e. The zero-order valence-corrected chi connectivity index (χ0v) is 12.8. The maximum atomic E-state index is 13.6. The SMILES string of the molecule is CCNCc1ccc(F)cc1-c1cc(C)c(Cl)cc1C. The zero-order valence-electron chi connectivity index (χ0n) is 12.1. The predicted octanol–water partition coefficient (Wildman–Crippen LogP) is 4.87. The van der Waals surface area contributed by atoms with Crippen LogP contribution >= 0.6 is 11.6 Å². The van der Waals surface area contributed by atoms with Gasteiger partial charge in [-0.1, -0.05) is 24.6 Å². The fraction of sp³-hybridized carbons (Fsp3) is 0.294. The van der Waals surface area contributed by atoms with Crippen LogP contribution in [0.5, 0.6) is 0 Å². The summed E-state index contributed by atoms with van der Waals surface area (Å²) in [5, 5.41) is 4.04. The van der Waals surface area contributed by atoms with Gasteiger partial charge in [0.25, 0.3) is 0 Å². The van der Waals surface area contributed by atoms with Crippen LogP contribution in [0.3, 0.4) is 0 Å². The summed E-state index contributed by atoms with van der Waals surface area (Å²) in [7, 11) is 0. The van der Waals surface area contributed by atoms with Crippen LogP contribution in [0.4, 0.5) is 4.39 Å². The fourth-order valence-corrected chi connectivity index (χ4v) is 2.50. The molecule has 0 atom stereocenters. The molecule has 0 bridgehead atoms. The Morgan fingerprint density at radius 3 is 2.50 bits per heavy atom. The van der Waals surface area contributed by atoms with E-state index in [1.165, 1.54) is 6.07 Å². The molecule has 0 aliphatic heterocycles. The molecule has 1 N–H and O–H groups in total. The van der Waals surface area contributed by atoms with Gasteiger partial charge < -0.3 is 5.32 Å². The molecular weight excluding hydrogens is 273 g/mol. The van der Waals surface area contributed by atoms with Crippen LogP contribution in [0.25, 0.3) is 11.1 Å². The zero-order chi connectivity index (χ0) is 14.7. The van der Waals surface area contributed by atoms with E-state index in [-0.39, 0.29) is 5.82 Å². The Morgan fingerprint density at radius 2 is 1.80 bits per heavy atom. The number of hydrogen-bond donors (Lipinski definition) is 1. The lowest BCUT2D eigenvalue weighted by Gasteiger charge is -2.14. The molecule has 0 saturated carbocycles. The van der Waals surface area contributed by atoms with Crippen molar-refractivity contribution in [2.24, 2.45) is 0 Å². The minimum atomic E-state index is -0.216. The molecule has 0 aliphatic rings. The van der Waals surface area contributed by atoms with E-state index in [1.807, 2.05) is 32.0 Å². The topological polar surface area (TPSA) is 12.0 Å². The maximum Gasteiger partial charge on any atom is 0.123 e. The van der Waals surface area contributed by atoms with Crippen molar-refractivity contribution in [1.29, 1.82) is 0 Å². The molecule has 0 unspecified atom stereocenters. The Labute approximate surface area is 124 Å². The lowest BCUT2D eigenvalue weighted by Crippen LogP contribution is -2.12. The Bertz CT molecular complexity index is 623. The Morgan fingerprint density at radius 1 is 1.05 bits per heavy atom. The van der Waals surface area contributed by atoms with Crippen molar-refractivity contribution in [2.45, 2.75) is 27.3 Å². The van der Waals surface area contributed by atoms with E-state index in [4.69, 9.17) is 11.6 Å². The largest absolute Gasteiger partial charge is 0.313 e. The summed E-state index contributed by atoms with van der Waals surface area (Å²) in [6, 6.07) is 8.92. The van der Waals surface area contributed by atoms with Crippen LogP contribution in [0.15, 0.2) is 30.3 Å². The molecule has 2 aromatic rings. The van der Waals surface area contributed by atoms with E-state index in [9.17, 15) is 4.39 Å². The fourth-order valence-electron chi connectivity index (χ4n) is 2.28. The second-order valence-corrected chi connectivity index (χ2v) is 5.41. The highest BCUT2D eigenvalue weighted by Crippen LogP contribution is 2.31. The molecule has 0 fully saturated rings. The van der Waals surface area contributed by atoms with Crippen LogP contribution in [0, 0.1) is 19.7 Å². The Kier molecular flexibility index (Phi) is 4.79. The van der Waals surface area contributed by atoms with E-state index in [0.717, 1.165) is 45.9 Å². The van der Waals surface area contributed by atoms with Gasteiger partial charge in [-0.2, -0.15) is 0 Å². The van der Waals surface area contributed by atoms with E-state index < -0.39 is 0 Å². The van der Waals surface area contributed by atoms with Crippen LogP contribution in [-0.2, 0) is 6.54 Å². The number of nitrogens with one attached hydrogen (secondary N) is 1. The first-order chi connectivity index (χ1) is 9.52. The standard InChI is InChI=1S/C17H19ClFN/c1-4-20-10-13-5-6-14(19)9-16(13)15-7-12(3)17(18)8-11(15)2/h5-9,20H,4,10H2,1-3H3. The highest BCUT2D eigenvalue weighted by atomic mass is 35.5. The molecule has 0 amide bonds. The molecule has 0 heterocycles. The first kappa shape index (κ1) is 15.0.